The molecule has 0 spiro atoms. The van der Waals surface area contributed by atoms with Crippen LogP contribution in [0.15, 0.2) is 35.1 Å². The molecule has 5 nitrogen and oxygen atoms in total. The molecule has 0 saturated carbocycles. The number of ether oxygens (including phenoxy) is 1. The highest BCUT2D eigenvalue weighted by Crippen LogP contribution is 2.21. The fourth-order valence-corrected chi connectivity index (χ4v) is 1.87. The molecule has 0 aliphatic rings. The van der Waals surface area contributed by atoms with Crippen molar-refractivity contribution in [2.45, 2.75) is 6.42 Å². The molecule has 0 aliphatic heterocycles. The van der Waals surface area contributed by atoms with E-state index >= 15 is 0 Å². The zero-order valence-electron chi connectivity index (χ0n) is 10.5. The number of amides is 1. The molecule has 7 heteroatoms. The Labute approximate surface area is 123 Å². The van der Waals surface area contributed by atoms with Gasteiger partial charge in [-0.25, -0.2) is 9.37 Å². The Kier molecular flexibility index (Phi) is 5.11. The molecule has 0 saturated heterocycles. The van der Waals surface area contributed by atoms with Crippen molar-refractivity contribution >= 4 is 21.8 Å². The van der Waals surface area contributed by atoms with Crippen molar-refractivity contribution in [3.05, 3.63) is 46.7 Å². The van der Waals surface area contributed by atoms with Gasteiger partial charge in [0, 0.05) is 29.8 Å². The fraction of sp³-hybridized carbons (Fsp3) is 0.231. The summed E-state index contributed by atoms with van der Waals surface area (Å²) < 4.78 is 19.2. The summed E-state index contributed by atoms with van der Waals surface area (Å²) in [6, 6.07) is 4.40. The lowest BCUT2D eigenvalue weighted by atomic mass is 10.3. The molecule has 0 bridgehead atoms. The third-order valence-corrected chi connectivity index (χ3v) is 2.98. The van der Waals surface area contributed by atoms with Crippen molar-refractivity contribution in [1.82, 2.24) is 15.3 Å². The average molecular weight is 342 g/mol. The number of imidazole rings is 1. The van der Waals surface area contributed by atoms with Gasteiger partial charge in [-0.1, -0.05) is 15.9 Å². The monoisotopic (exact) mass is 341 g/mol. The Bertz CT molecular complexity index is 575. The van der Waals surface area contributed by atoms with Gasteiger partial charge in [0.25, 0.3) is 5.91 Å². The number of rotatable bonds is 6. The summed E-state index contributed by atoms with van der Waals surface area (Å²) in [5.41, 5.74) is 0. The molecular formula is C13H13BrFN3O2. The molecule has 2 aromatic rings. The van der Waals surface area contributed by atoms with Crippen molar-refractivity contribution in [3.63, 3.8) is 0 Å². The van der Waals surface area contributed by atoms with Crippen LogP contribution in [0.3, 0.4) is 0 Å². The zero-order chi connectivity index (χ0) is 14.4. The lowest BCUT2D eigenvalue weighted by Gasteiger charge is -2.08. The molecule has 20 heavy (non-hydrogen) atoms. The van der Waals surface area contributed by atoms with Crippen LogP contribution in [-0.4, -0.2) is 29.0 Å². The molecule has 0 aliphatic carbocycles. The van der Waals surface area contributed by atoms with Gasteiger partial charge >= 0.3 is 0 Å². The first-order valence-corrected chi connectivity index (χ1v) is 6.77. The standard InChI is InChI=1S/C13H13BrFN3O2/c14-9-1-2-11(10(15)7-9)20-8-13(19)18-4-3-12-16-5-6-17-12/h1-2,5-7H,3-4,8H2,(H,16,17)(H,18,19). The van der Waals surface area contributed by atoms with Gasteiger partial charge in [0.2, 0.25) is 0 Å². The molecule has 1 heterocycles. The first kappa shape index (κ1) is 14.5. The van der Waals surface area contributed by atoms with Crippen molar-refractivity contribution in [1.29, 1.82) is 0 Å². The van der Waals surface area contributed by atoms with Gasteiger partial charge < -0.3 is 15.0 Å². The number of halogens is 2. The number of hydrogen-bond donors (Lipinski definition) is 2. The SMILES string of the molecule is O=C(COc1ccc(Br)cc1F)NCCc1ncc[nH]1. The summed E-state index contributed by atoms with van der Waals surface area (Å²) in [5, 5.41) is 2.67. The normalized spacial score (nSPS) is 10.3. The molecule has 2 N–H and O–H groups in total. The molecule has 2 rings (SSSR count). The molecule has 1 aromatic heterocycles. The summed E-state index contributed by atoms with van der Waals surface area (Å²) in [6.07, 6.45) is 3.97. The highest BCUT2D eigenvalue weighted by molar-refractivity contribution is 9.10. The number of H-pyrrole nitrogens is 1. The van der Waals surface area contributed by atoms with Gasteiger partial charge in [-0.15, -0.1) is 0 Å². The number of nitrogens with one attached hydrogen (secondary N) is 2. The van der Waals surface area contributed by atoms with Gasteiger partial charge in [0.1, 0.15) is 5.82 Å². The fourth-order valence-electron chi connectivity index (χ4n) is 1.54. The van der Waals surface area contributed by atoms with Crippen molar-refractivity contribution < 1.29 is 13.9 Å². The maximum atomic E-state index is 13.4. The largest absolute Gasteiger partial charge is 0.481 e. The first-order valence-electron chi connectivity index (χ1n) is 5.98. The summed E-state index contributed by atoms with van der Waals surface area (Å²) in [4.78, 5) is 18.5. The number of carbonyl (C=O) groups excluding carboxylic acids is 1. The number of benzene rings is 1. The van der Waals surface area contributed by atoms with E-state index in [1.807, 2.05) is 0 Å². The second-order valence-corrected chi connectivity index (χ2v) is 4.91. The van der Waals surface area contributed by atoms with Gasteiger partial charge in [0.15, 0.2) is 18.2 Å². The quantitative estimate of drug-likeness (QED) is 0.844. The second kappa shape index (κ2) is 7.04. The first-order chi connectivity index (χ1) is 9.65. The van der Waals surface area contributed by atoms with Crippen LogP contribution in [0.1, 0.15) is 5.82 Å². The van der Waals surface area contributed by atoms with Crippen LogP contribution in [0.2, 0.25) is 0 Å². The number of aromatic amines is 1. The van der Waals surface area contributed by atoms with E-state index in [9.17, 15) is 9.18 Å². The average Bonchev–Trinajstić information content (AvgIpc) is 2.91. The number of nitrogens with zero attached hydrogens (tertiary/aromatic N) is 1. The van der Waals surface area contributed by atoms with Crippen molar-refractivity contribution in [2.24, 2.45) is 0 Å². The predicted octanol–water partition coefficient (Wildman–Crippen LogP) is 2.05. The molecular weight excluding hydrogens is 329 g/mol. The summed E-state index contributed by atoms with van der Waals surface area (Å²) in [5.74, 6) is 0.0289. The topological polar surface area (TPSA) is 67.0 Å². The van der Waals surface area contributed by atoms with E-state index in [0.717, 1.165) is 5.82 Å². The number of carbonyl (C=O) groups is 1. The Balaban J connectivity index is 1.72. The van der Waals surface area contributed by atoms with Crippen LogP contribution in [0.25, 0.3) is 0 Å². The highest BCUT2D eigenvalue weighted by atomic mass is 79.9. The van der Waals surface area contributed by atoms with Crippen LogP contribution in [-0.2, 0) is 11.2 Å². The third kappa shape index (κ3) is 4.34. The number of hydrogen-bond acceptors (Lipinski definition) is 3. The Morgan fingerprint density at radius 1 is 1.50 bits per heavy atom. The minimum Gasteiger partial charge on any atom is -0.481 e. The Morgan fingerprint density at radius 3 is 3.05 bits per heavy atom. The van der Waals surface area contributed by atoms with Crippen LogP contribution >= 0.6 is 15.9 Å². The van der Waals surface area contributed by atoms with Crippen LogP contribution in [0.5, 0.6) is 5.75 Å². The summed E-state index contributed by atoms with van der Waals surface area (Å²) in [7, 11) is 0. The van der Waals surface area contributed by atoms with Gasteiger partial charge in [-0.2, -0.15) is 0 Å². The third-order valence-electron chi connectivity index (χ3n) is 2.49. The minimum atomic E-state index is -0.511. The molecule has 106 valence electrons. The summed E-state index contributed by atoms with van der Waals surface area (Å²) >= 11 is 3.15. The molecule has 1 aromatic carbocycles. The van der Waals surface area contributed by atoms with Gasteiger partial charge in [-0.3, -0.25) is 4.79 Å². The smallest absolute Gasteiger partial charge is 0.257 e. The minimum absolute atomic E-state index is 0.0504. The maximum Gasteiger partial charge on any atom is 0.257 e. The van der Waals surface area contributed by atoms with Crippen LogP contribution in [0.4, 0.5) is 4.39 Å². The Morgan fingerprint density at radius 2 is 2.35 bits per heavy atom. The zero-order valence-corrected chi connectivity index (χ0v) is 12.1. The van der Waals surface area contributed by atoms with E-state index in [0.29, 0.717) is 17.4 Å². The van der Waals surface area contributed by atoms with Gasteiger partial charge in [-0.05, 0) is 18.2 Å². The molecule has 0 atom stereocenters. The van der Waals surface area contributed by atoms with E-state index < -0.39 is 5.82 Å². The maximum absolute atomic E-state index is 13.4. The molecule has 0 fully saturated rings. The molecule has 0 radical (unpaired) electrons. The second-order valence-electron chi connectivity index (χ2n) is 4.00. The van der Waals surface area contributed by atoms with E-state index in [1.165, 1.54) is 12.1 Å². The molecule has 0 unspecified atom stereocenters. The highest BCUT2D eigenvalue weighted by Gasteiger charge is 2.07. The lowest BCUT2D eigenvalue weighted by molar-refractivity contribution is -0.123. The summed E-state index contributed by atoms with van der Waals surface area (Å²) in [6.45, 7) is 0.217. The van der Waals surface area contributed by atoms with Crippen LogP contribution < -0.4 is 10.1 Å². The Hall–Kier alpha value is -1.89. The lowest BCUT2D eigenvalue weighted by Crippen LogP contribution is -2.30. The van der Waals surface area contributed by atoms with Crippen molar-refractivity contribution in [3.8, 4) is 5.75 Å². The van der Waals surface area contributed by atoms with Crippen LogP contribution in [0, 0.1) is 5.82 Å². The van der Waals surface area contributed by atoms with E-state index in [1.54, 1.807) is 18.5 Å². The van der Waals surface area contributed by atoms with Crippen molar-refractivity contribution in [2.75, 3.05) is 13.2 Å². The van der Waals surface area contributed by atoms with E-state index in [2.05, 4.69) is 31.2 Å². The molecule has 1 amide bonds. The van der Waals surface area contributed by atoms with E-state index in [4.69, 9.17) is 4.74 Å². The van der Waals surface area contributed by atoms with Gasteiger partial charge in [0.05, 0.1) is 0 Å². The predicted molar refractivity (Wildman–Crippen MR) is 74.9 cm³/mol. The van der Waals surface area contributed by atoms with E-state index in [-0.39, 0.29) is 18.3 Å². The number of aromatic nitrogens is 2.